The number of benzene rings is 2. The molecule has 0 bridgehead atoms. The average molecular weight is 269 g/mol. The first-order valence-electron chi connectivity index (χ1n) is 6.58. The third-order valence-corrected chi connectivity index (χ3v) is 3.29. The molecule has 104 valence electrons. The molecule has 0 aliphatic carbocycles. The SMILES string of the molecule is C/C(=N\O)c1cccc(OCc2ccc(C)cc2C)c1. The summed E-state index contributed by atoms with van der Waals surface area (Å²) in [5, 5.41) is 12.0. The molecule has 0 atom stereocenters. The van der Waals surface area contributed by atoms with Gasteiger partial charge in [-0.1, -0.05) is 41.1 Å². The van der Waals surface area contributed by atoms with E-state index in [1.165, 1.54) is 16.7 Å². The fourth-order valence-corrected chi connectivity index (χ4v) is 2.04. The van der Waals surface area contributed by atoms with Gasteiger partial charge in [0.15, 0.2) is 0 Å². The summed E-state index contributed by atoms with van der Waals surface area (Å²) in [7, 11) is 0. The molecule has 0 unspecified atom stereocenters. The number of rotatable bonds is 4. The Kier molecular flexibility index (Phi) is 4.41. The molecular weight excluding hydrogens is 250 g/mol. The molecule has 0 heterocycles. The second-order valence-corrected chi connectivity index (χ2v) is 4.93. The largest absolute Gasteiger partial charge is 0.489 e. The minimum Gasteiger partial charge on any atom is -0.489 e. The number of aryl methyl sites for hydroxylation is 2. The van der Waals surface area contributed by atoms with Crippen LogP contribution in [0, 0.1) is 13.8 Å². The Morgan fingerprint density at radius 3 is 2.65 bits per heavy atom. The lowest BCUT2D eigenvalue weighted by molar-refractivity contribution is 0.305. The topological polar surface area (TPSA) is 41.8 Å². The van der Waals surface area contributed by atoms with Crippen LogP contribution in [0.15, 0.2) is 47.6 Å². The molecule has 0 aromatic heterocycles. The van der Waals surface area contributed by atoms with Gasteiger partial charge in [0.05, 0.1) is 5.71 Å². The lowest BCUT2D eigenvalue weighted by Gasteiger charge is -2.10. The number of ether oxygens (including phenoxy) is 1. The molecule has 2 rings (SSSR count). The standard InChI is InChI=1S/C17H19NO2/c1-12-7-8-16(13(2)9-12)11-20-17-6-4-5-15(10-17)14(3)18-19/h4-10,19H,11H2,1-3H3/b18-14+. The van der Waals surface area contributed by atoms with Gasteiger partial charge in [0.2, 0.25) is 0 Å². The van der Waals surface area contributed by atoms with Crippen molar-refractivity contribution in [1.82, 2.24) is 0 Å². The van der Waals surface area contributed by atoms with Crippen LogP contribution in [0.25, 0.3) is 0 Å². The van der Waals surface area contributed by atoms with Crippen molar-refractivity contribution in [2.75, 3.05) is 0 Å². The third-order valence-electron chi connectivity index (χ3n) is 3.29. The summed E-state index contributed by atoms with van der Waals surface area (Å²) in [4.78, 5) is 0. The monoisotopic (exact) mass is 269 g/mol. The van der Waals surface area contributed by atoms with Crippen LogP contribution in [-0.2, 0) is 6.61 Å². The van der Waals surface area contributed by atoms with Crippen molar-refractivity contribution >= 4 is 5.71 Å². The van der Waals surface area contributed by atoms with Gasteiger partial charge >= 0.3 is 0 Å². The van der Waals surface area contributed by atoms with E-state index in [2.05, 4.69) is 37.2 Å². The van der Waals surface area contributed by atoms with Crippen LogP contribution in [0.1, 0.15) is 29.2 Å². The fourth-order valence-electron chi connectivity index (χ4n) is 2.04. The Hall–Kier alpha value is -2.29. The molecule has 0 saturated heterocycles. The van der Waals surface area contributed by atoms with Crippen molar-refractivity contribution in [3.63, 3.8) is 0 Å². The number of nitrogens with zero attached hydrogens (tertiary/aromatic N) is 1. The van der Waals surface area contributed by atoms with Crippen molar-refractivity contribution in [1.29, 1.82) is 0 Å². The van der Waals surface area contributed by atoms with Crippen LogP contribution < -0.4 is 4.74 Å². The second kappa shape index (κ2) is 6.24. The molecule has 20 heavy (non-hydrogen) atoms. The molecule has 2 aromatic rings. The molecule has 0 aliphatic heterocycles. The highest BCUT2D eigenvalue weighted by Gasteiger charge is 2.03. The Balaban J connectivity index is 2.11. The predicted molar refractivity (Wildman–Crippen MR) is 80.7 cm³/mol. The third kappa shape index (κ3) is 3.38. The lowest BCUT2D eigenvalue weighted by atomic mass is 10.1. The Morgan fingerprint density at radius 1 is 1.15 bits per heavy atom. The van der Waals surface area contributed by atoms with Crippen LogP contribution in [0.5, 0.6) is 5.75 Å². The maximum atomic E-state index is 8.80. The van der Waals surface area contributed by atoms with Gasteiger partial charge in [-0.15, -0.1) is 0 Å². The van der Waals surface area contributed by atoms with E-state index >= 15 is 0 Å². The van der Waals surface area contributed by atoms with Crippen molar-refractivity contribution in [2.24, 2.45) is 5.16 Å². The first kappa shape index (κ1) is 14.1. The summed E-state index contributed by atoms with van der Waals surface area (Å²) < 4.78 is 5.81. The van der Waals surface area contributed by atoms with Gasteiger partial charge in [0.25, 0.3) is 0 Å². The Bertz CT molecular complexity index is 633. The minimum atomic E-state index is 0.533. The van der Waals surface area contributed by atoms with E-state index in [1.54, 1.807) is 6.92 Å². The lowest BCUT2D eigenvalue weighted by Crippen LogP contribution is -2.00. The quantitative estimate of drug-likeness (QED) is 0.516. The minimum absolute atomic E-state index is 0.533. The number of hydrogen-bond donors (Lipinski definition) is 1. The van der Waals surface area contributed by atoms with Gasteiger partial charge in [-0.2, -0.15) is 0 Å². The Labute approximate surface area is 119 Å². The summed E-state index contributed by atoms with van der Waals surface area (Å²) >= 11 is 0. The van der Waals surface area contributed by atoms with E-state index in [4.69, 9.17) is 9.94 Å². The highest BCUT2D eigenvalue weighted by molar-refractivity contribution is 5.98. The zero-order valence-electron chi connectivity index (χ0n) is 12.1. The fraction of sp³-hybridized carbons (Fsp3) is 0.235. The Morgan fingerprint density at radius 2 is 1.95 bits per heavy atom. The average Bonchev–Trinajstić information content (AvgIpc) is 2.46. The van der Waals surface area contributed by atoms with Crippen LogP contribution in [0.3, 0.4) is 0 Å². The van der Waals surface area contributed by atoms with Gasteiger partial charge in [-0.3, -0.25) is 0 Å². The van der Waals surface area contributed by atoms with Crippen molar-refractivity contribution in [3.8, 4) is 5.75 Å². The molecule has 3 heteroatoms. The highest BCUT2D eigenvalue weighted by atomic mass is 16.5. The van der Waals surface area contributed by atoms with E-state index in [1.807, 2.05) is 24.3 Å². The zero-order valence-corrected chi connectivity index (χ0v) is 12.1. The zero-order chi connectivity index (χ0) is 14.5. The summed E-state index contributed by atoms with van der Waals surface area (Å²) in [5.41, 5.74) is 5.08. The van der Waals surface area contributed by atoms with Crippen LogP contribution in [0.2, 0.25) is 0 Å². The van der Waals surface area contributed by atoms with E-state index in [9.17, 15) is 0 Å². The molecule has 0 saturated carbocycles. The molecule has 3 nitrogen and oxygen atoms in total. The van der Waals surface area contributed by atoms with Crippen molar-refractivity contribution < 1.29 is 9.94 Å². The van der Waals surface area contributed by atoms with E-state index < -0.39 is 0 Å². The van der Waals surface area contributed by atoms with Gasteiger partial charge < -0.3 is 9.94 Å². The van der Waals surface area contributed by atoms with Crippen LogP contribution >= 0.6 is 0 Å². The molecule has 2 aromatic carbocycles. The molecule has 0 amide bonds. The van der Waals surface area contributed by atoms with Crippen LogP contribution in [0.4, 0.5) is 0 Å². The molecule has 0 fully saturated rings. The first-order valence-corrected chi connectivity index (χ1v) is 6.58. The molecular formula is C17H19NO2. The molecule has 0 radical (unpaired) electrons. The predicted octanol–water partition coefficient (Wildman–Crippen LogP) is 4.08. The first-order chi connectivity index (χ1) is 9.60. The maximum absolute atomic E-state index is 8.80. The van der Waals surface area contributed by atoms with Gasteiger partial charge in [-0.05, 0) is 44.0 Å². The highest BCUT2D eigenvalue weighted by Crippen LogP contribution is 2.17. The number of oxime groups is 1. The van der Waals surface area contributed by atoms with Gasteiger partial charge in [0.1, 0.15) is 12.4 Å². The van der Waals surface area contributed by atoms with E-state index in [0.717, 1.165) is 11.3 Å². The van der Waals surface area contributed by atoms with Gasteiger partial charge in [-0.25, -0.2) is 0 Å². The van der Waals surface area contributed by atoms with Crippen molar-refractivity contribution in [2.45, 2.75) is 27.4 Å². The second-order valence-electron chi connectivity index (χ2n) is 4.93. The molecule has 0 spiro atoms. The summed E-state index contributed by atoms with van der Waals surface area (Å²) in [6, 6.07) is 13.9. The summed E-state index contributed by atoms with van der Waals surface area (Å²) in [6.45, 7) is 6.46. The van der Waals surface area contributed by atoms with E-state index in [0.29, 0.717) is 12.3 Å². The van der Waals surface area contributed by atoms with Crippen molar-refractivity contribution in [3.05, 3.63) is 64.7 Å². The molecule has 1 N–H and O–H groups in total. The molecule has 0 aliphatic rings. The summed E-state index contributed by atoms with van der Waals surface area (Å²) in [5.74, 6) is 0.769. The van der Waals surface area contributed by atoms with Gasteiger partial charge in [0, 0.05) is 5.56 Å². The van der Waals surface area contributed by atoms with E-state index in [-0.39, 0.29) is 0 Å². The van der Waals surface area contributed by atoms with Crippen LogP contribution in [-0.4, -0.2) is 10.9 Å². The smallest absolute Gasteiger partial charge is 0.120 e. The normalized spacial score (nSPS) is 11.4. The maximum Gasteiger partial charge on any atom is 0.120 e. The summed E-state index contributed by atoms with van der Waals surface area (Å²) in [6.07, 6.45) is 0. The number of hydrogen-bond acceptors (Lipinski definition) is 3.